The molecule has 0 spiro atoms. The molecule has 2 atom stereocenters. The first kappa shape index (κ1) is 12.1. The normalized spacial score (nSPS) is 28.4. The molecule has 100 valence electrons. The van der Waals surface area contributed by atoms with Gasteiger partial charge in [-0.05, 0) is 38.8 Å². The number of hydrogen-bond acceptors (Lipinski definition) is 4. The molecule has 0 saturated carbocycles. The van der Waals surface area contributed by atoms with Crippen LogP contribution in [0.5, 0.6) is 0 Å². The summed E-state index contributed by atoms with van der Waals surface area (Å²) in [6.45, 7) is 3.71. The van der Waals surface area contributed by atoms with Crippen molar-refractivity contribution in [3.05, 3.63) is 12.2 Å². The maximum Gasteiger partial charge on any atom is 0.137 e. The van der Waals surface area contributed by atoms with Crippen LogP contribution in [0.3, 0.4) is 0 Å². The van der Waals surface area contributed by atoms with E-state index in [0.717, 1.165) is 37.3 Å². The summed E-state index contributed by atoms with van der Waals surface area (Å²) in [6.07, 6.45) is 9.24. The van der Waals surface area contributed by atoms with Gasteiger partial charge in [0.15, 0.2) is 0 Å². The summed E-state index contributed by atoms with van der Waals surface area (Å²) in [7, 11) is 0. The highest BCUT2D eigenvalue weighted by Gasteiger charge is 2.34. The van der Waals surface area contributed by atoms with Crippen molar-refractivity contribution in [1.82, 2.24) is 25.4 Å². The van der Waals surface area contributed by atoms with E-state index in [0.29, 0.717) is 0 Å². The molecular weight excluding hydrogens is 226 g/mol. The SMILES string of the molecule is c1n[nH]c(CCCNC2CCN3CCCCC23)n1. The first-order chi connectivity index (χ1) is 8.93. The van der Waals surface area contributed by atoms with Gasteiger partial charge in [0.05, 0.1) is 0 Å². The molecule has 1 aromatic heterocycles. The maximum atomic E-state index is 4.15. The summed E-state index contributed by atoms with van der Waals surface area (Å²) in [4.78, 5) is 6.83. The lowest BCUT2D eigenvalue weighted by atomic mass is 9.99. The standard InChI is InChI=1S/C13H23N5/c1-2-8-18-9-6-11(12(18)4-1)14-7-3-5-13-15-10-16-17-13/h10-12,14H,1-9H2,(H,15,16,17). The van der Waals surface area contributed by atoms with Gasteiger partial charge in [0.2, 0.25) is 0 Å². The minimum Gasteiger partial charge on any atom is -0.312 e. The summed E-state index contributed by atoms with van der Waals surface area (Å²) in [6, 6.07) is 1.53. The number of nitrogens with one attached hydrogen (secondary N) is 2. The molecule has 0 radical (unpaired) electrons. The van der Waals surface area contributed by atoms with Crippen molar-refractivity contribution in [2.75, 3.05) is 19.6 Å². The molecule has 0 aliphatic carbocycles. The molecule has 1 aromatic rings. The molecule has 5 nitrogen and oxygen atoms in total. The zero-order valence-corrected chi connectivity index (χ0v) is 10.9. The number of rotatable bonds is 5. The first-order valence-electron chi connectivity index (χ1n) is 7.25. The molecular formula is C13H23N5. The summed E-state index contributed by atoms with van der Waals surface area (Å²) in [5.41, 5.74) is 0. The summed E-state index contributed by atoms with van der Waals surface area (Å²) in [5.74, 6) is 1.00. The lowest BCUT2D eigenvalue weighted by Gasteiger charge is -2.32. The van der Waals surface area contributed by atoms with Gasteiger partial charge >= 0.3 is 0 Å². The fraction of sp³-hybridized carbons (Fsp3) is 0.846. The predicted octanol–water partition coefficient (Wildman–Crippen LogP) is 0.954. The van der Waals surface area contributed by atoms with Crippen molar-refractivity contribution in [2.45, 2.75) is 50.6 Å². The minimum atomic E-state index is 0.722. The minimum absolute atomic E-state index is 0.722. The number of H-pyrrole nitrogens is 1. The Bertz CT molecular complexity index is 350. The van der Waals surface area contributed by atoms with Crippen molar-refractivity contribution in [2.24, 2.45) is 0 Å². The Morgan fingerprint density at radius 3 is 3.22 bits per heavy atom. The monoisotopic (exact) mass is 249 g/mol. The number of aryl methyl sites for hydroxylation is 1. The zero-order chi connectivity index (χ0) is 12.2. The Labute approximate surface area is 108 Å². The number of aromatic nitrogens is 3. The highest BCUT2D eigenvalue weighted by atomic mass is 15.2. The van der Waals surface area contributed by atoms with E-state index in [2.05, 4.69) is 25.4 Å². The average molecular weight is 249 g/mol. The van der Waals surface area contributed by atoms with Gasteiger partial charge in [-0.25, -0.2) is 4.98 Å². The summed E-state index contributed by atoms with van der Waals surface area (Å²) >= 11 is 0. The number of hydrogen-bond donors (Lipinski definition) is 2. The number of fused-ring (bicyclic) bond motifs is 1. The van der Waals surface area contributed by atoms with E-state index in [1.807, 2.05) is 0 Å². The molecule has 2 unspecified atom stereocenters. The van der Waals surface area contributed by atoms with Crippen LogP contribution in [0, 0.1) is 0 Å². The lowest BCUT2D eigenvalue weighted by molar-refractivity contribution is 0.180. The number of piperidine rings is 1. The summed E-state index contributed by atoms with van der Waals surface area (Å²) < 4.78 is 0. The van der Waals surface area contributed by atoms with Gasteiger partial charge in [-0.1, -0.05) is 6.42 Å². The Hall–Kier alpha value is -0.940. The van der Waals surface area contributed by atoms with Gasteiger partial charge in [0, 0.05) is 25.0 Å². The highest BCUT2D eigenvalue weighted by Crippen LogP contribution is 2.26. The topological polar surface area (TPSA) is 56.8 Å². The van der Waals surface area contributed by atoms with Crippen LogP contribution >= 0.6 is 0 Å². The van der Waals surface area contributed by atoms with E-state index in [9.17, 15) is 0 Å². The molecule has 3 heterocycles. The van der Waals surface area contributed by atoms with Crippen LogP contribution in [0.15, 0.2) is 6.33 Å². The van der Waals surface area contributed by atoms with Crippen LogP contribution in [-0.4, -0.2) is 51.8 Å². The van der Waals surface area contributed by atoms with Crippen LogP contribution in [0.1, 0.15) is 37.9 Å². The van der Waals surface area contributed by atoms with Gasteiger partial charge in [-0.2, -0.15) is 5.10 Å². The first-order valence-corrected chi connectivity index (χ1v) is 7.25. The Morgan fingerprint density at radius 1 is 1.33 bits per heavy atom. The van der Waals surface area contributed by atoms with E-state index in [1.165, 1.54) is 38.8 Å². The number of aromatic amines is 1. The van der Waals surface area contributed by atoms with E-state index in [-0.39, 0.29) is 0 Å². The predicted molar refractivity (Wildman–Crippen MR) is 70.3 cm³/mol. The van der Waals surface area contributed by atoms with Crippen LogP contribution in [0.2, 0.25) is 0 Å². The van der Waals surface area contributed by atoms with E-state index in [4.69, 9.17) is 0 Å². The maximum absolute atomic E-state index is 4.15. The van der Waals surface area contributed by atoms with E-state index >= 15 is 0 Å². The van der Waals surface area contributed by atoms with Crippen LogP contribution < -0.4 is 5.32 Å². The third-order valence-electron chi connectivity index (χ3n) is 4.32. The van der Waals surface area contributed by atoms with Crippen molar-refractivity contribution in [3.8, 4) is 0 Å². The zero-order valence-electron chi connectivity index (χ0n) is 10.9. The fourth-order valence-corrected chi connectivity index (χ4v) is 3.38. The second-order valence-corrected chi connectivity index (χ2v) is 5.48. The van der Waals surface area contributed by atoms with Crippen LogP contribution in [0.4, 0.5) is 0 Å². The molecule has 5 heteroatoms. The summed E-state index contributed by atoms with van der Waals surface area (Å²) in [5, 5.41) is 10.5. The third-order valence-corrected chi connectivity index (χ3v) is 4.32. The Kier molecular flexibility index (Phi) is 3.90. The number of nitrogens with zero attached hydrogens (tertiary/aromatic N) is 3. The Balaban J connectivity index is 1.38. The molecule has 0 bridgehead atoms. The van der Waals surface area contributed by atoms with E-state index in [1.54, 1.807) is 6.33 Å². The van der Waals surface area contributed by atoms with Gasteiger partial charge in [-0.3, -0.25) is 10.00 Å². The molecule has 3 rings (SSSR count). The van der Waals surface area contributed by atoms with Crippen LogP contribution in [-0.2, 0) is 6.42 Å². The van der Waals surface area contributed by atoms with E-state index < -0.39 is 0 Å². The second kappa shape index (κ2) is 5.80. The molecule has 2 aliphatic rings. The lowest BCUT2D eigenvalue weighted by Crippen LogP contribution is -2.45. The fourth-order valence-electron chi connectivity index (χ4n) is 3.38. The van der Waals surface area contributed by atoms with Gasteiger partial charge in [0.1, 0.15) is 12.2 Å². The van der Waals surface area contributed by atoms with Gasteiger partial charge in [0.25, 0.3) is 0 Å². The molecule has 18 heavy (non-hydrogen) atoms. The quantitative estimate of drug-likeness (QED) is 0.763. The van der Waals surface area contributed by atoms with Gasteiger partial charge in [-0.15, -0.1) is 0 Å². The van der Waals surface area contributed by atoms with Crippen molar-refractivity contribution in [1.29, 1.82) is 0 Å². The molecule has 0 amide bonds. The molecule has 2 aliphatic heterocycles. The largest absolute Gasteiger partial charge is 0.312 e. The molecule has 2 N–H and O–H groups in total. The smallest absolute Gasteiger partial charge is 0.137 e. The van der Waals surface area contributed by atoms with Crippen molar-refractivity contribution < 1.29 is 0 Å². The van der Waals surface area contributed by atoms with Crippen molar-refractivity contribution in [3.63, 3.8) is 0 Å². The van der Waals surface area contributed by atoms with Gasteiger partial charge < -0.3 is 5.32 Å². The van der Waals surface area contributed by atoms with Crippen molar-refractivity contribution >= 4 is 0 Å². The Morgan fingerprint density at radius 2 is 2.33 bits per heavy atom. The molecule has 2 saturated heterocycles. The average Bonchev–Trinajstić information content (AvgIpc) is 3.04. The second-order valence-electron chi connectivity index (χ2n) is 5.48. The van der Waals surface area contributed by atoms with Crippen LogP contribution in [0.25, 0.3) is 0 Å². The third kappa shape index (κ3) is 2.72. The molecule has 2 fully saturated rings. The molecule has 0 aromatic carbocycles. The highest BCUT2D eigenvalue weighted by molar-refractivity contribution is 4.94.